The predicted molar refractivity (Wildman–Crippen MR) is 68.4 cm³/mol. The second-order valence-electron chi connectivity index (χ2n) is 6.05. The highest BCUT2D eigenvalue weighted by Gasteiger charge is 2.43. The number of rotatable bonds is 2. The molecular weight excluding hydrogens is 287 g/mol. The van der Waals surface area contributed by atoms with Crippen LogP contribution in [0.1, 0.15) is 38.5 Å². The van der Waals surface area contributed by atoms with Gasteiger partial charge in [0, 0.05) is 19.0 Å². The van der Waals surface area contributed by atoms with Crippen LogP contribution in [-0.4, -0.2) is 41.1 Å². The summed E-state index contributed by atoms with van der Waals surface area (Å²) in [5.74, 6) is -3.30. The van der Waals surface area contributed by atoms with Crippen molar-refractivity contribution in [2.45, 2.75) is 44.7 Å². The van der Waals surface area contributed by atoms with E-state index in [1.807, 2.05) is 0 Å². The smallest absolute Gasteiger partial charge is 0.391 e. The fourth-order valence-corrected chi connectivity index (χ4v) is 3.30. The highest BCUT2D eigenvalue weighted by molar-refractivity contribution is 5.80. The molecule has 0 radical (unpaired) electrons. The van der Waals surface area contributed by atoms with Gasteiger partial charge in [0.25, 0.3) is 0 Å². The number of carboxylic acid groups (broad SMARTS) is 1. The standard InChI is InChI=1S/C14H20F3NO3/c15-14(16,17)11-5-3-9(4-6-11)12(19)18-7-1-2-10(8-18)13(20)21/h9-11H,1-8H2,(H,20,21)/t9?,10-,11?/m0/s1. The summed E-state index contributed by atoms with van der Waals surface area (Å²) in [4.78, 5) is 24.8. The van der Waals surface area contributed by atoms with Crippen molar-refractivity contribution >= 4 is 11.9 Å². The molecule has 1 aliphatic heterocycles. The molecule has 2 fully saturated rings. The number of aliphatic carboxylic acids is 1. The van der Waals surface area contributed by atoms with Gasteiger partial charge in [-0.1, -0.05) is 0 Å². The Bertz CT molecular complexity index is 403. The molecule has 1 amide bonds. The first-order chi connectivity index (χ1) is 9.79. The molecule has 0 aromatic heterocycles. The van der Waals surface area contributed by atoms with Crippen LogP contribution in [-0.2, 0) is 9.59 Å². The summed E-state index contributed by atoms with van der Waals surface area (Å²) >= 11 is 0. The second-order valence-corrected chi connectivity index (χ2v) is 6.05. The number of alkyl halides is 3. The number of likely N-dealkylation sites (tertiary alicyclic amines) is 1. The van der Waals surface area contributed by atoms with E-state index < -0.39 is 24.0 Å². The van der Waals surface area contributed by atoms with Crippen LogP contribution in [0.5, 0.6) is 0 Å². The van der Waals surface area contributed by atoms with Gasteiger partial charge in [0.2, 0.25) is 5.91 Å². The SMILES string of the molecule is O=C(O)[C@H]1CCCN(C(=O)C2CCC(C(F)(F)F)CC2)C1. The quantitative estimate of drug-likeness (QED) is 0.853. The molecule has 1 N–H and O–H groups in total. The summed E-state index contributed by atoms with van der Waals surface area (Å²) in [5.41, 5.74) is 0. The minimum atomic E-state index is -4.17. The molecule has 1 saturated carbocycles. The summed E-state index contributed by atoms with van der Waals surface area (Å²) in [6.45, 7) is 0.704. The maximum atomic E-state index is 12.6. The summed E-state index contributed by atoms with van der Waals surface area (Å²) in [5, 5.41) is 9.01. The molecule has 120 valence electrons. The van der Waals surface area contributed by atoms with E-state index in [-0.39, 0.29) is 44.1 Å². The monoisotopic (exact) mass is 307 g/mol. The minimum Gasteiger partial charge on any atom is -0.481 e. The van der Waals surface area contributed by atoms with E-state index in [1.165, 1.54) is 4.90 Å². The van der Waals surface area contributed by atoms with Crippen LogP contribution in [0, 0.1) is 17.8 Å². The van der Waals surface area contributed by atoms with Crippen LogP contribution in [0.4, 0.5) is 13.2 Å². The van der Waals surface area contributed by atoms with Crippen molar-refractivity contribution in [3.05, 3.63) is 0 Å². The number of piperidine rings is 1. The molecule has 1 saturated heterocycles. The van der Waals surface area contributed by atoms with E-state index in [4.69, 9.17) is 5.11 Å². The van der Waals surface area contributed by atoms with Crippen LogP contribution in [0.25, 0.3) is 0 Å². The van der Waals surface area contributed by atoms with Crippen molar-refractivity contribution in [3.63, 3.8) is 0 Å². The van der Waals surface area contributed by atoms with Gasteiger partial charge >= 0.3 is 12.1 Å². The maximum Gasteiger partial charge on any atom is 0.391 e. The van der Waals surface area contributed by atoms with Gasteiger partial charge in [0.1, 0.15) is 0 Å². The zero-order valence-corrected chi connectivity index (χ0v) is 11.7. The molecule has 7 heteroatoms. The zero-order valence-electron chi connectivity index (χ0n) is 11.7. The van der Waals surface area contributed by atoms with Gasteiger partial charge in [0.15, 0.2) is 0 Å². The molecule has 2 rings (SSSR count). The molecule has 2 aliphatic rings. The Morgan fingerprint density at radius 2 is 1.62 bits per heavy atom. The van der Waals surface area contributed by atoms with Crippen molar-refractivity contribution in [1.29, 1.82) is 0 Å². The first kappa shape index (κ1) is 16.1. The molecule has 0 aromatic rings. The predicted octanol–water partition coefficient (Wildman–Crippen LogP) is 2.68. The van der Waals surface area contributed by atoms with Crippen LogP contribution in [0.2, 0.25) is 0 Å². The number of hydrogen-bond acceptors (Lipinski definition) is 2. The lowest BCUT2D eigenvalue weighted by atomic mass is 9.80. The number of amides is 1. The number of nitrogens with zero attached hydrogens (tertiary/aromatic N) is 1. The molecule has 0 bridgehead atoms. The van der Waals surface area contributed by atoms with E-state index in [9.17, 15) is 22.8 Å². The number of hydrogen-bond donors (Lipinski definition) is 1. The molecule has 1 atom stereocenters. The fourth-order valence-electron chi connectivity index (χ4n) is 3.30. The van der Waals surface area contributed by atoms with Crippen molar-refractivity contribution in [3.8, 4) is 0 Å². The molecule has 4 nitrogen and oxygen atoms in total. The fraction of sp³-hybridized carbons (Fsp3) is 0.857. The second kappa shape index (κ2) is 6.23. The molecule has 1 heterocycles. The Balaban J connectivity index is 1.88. The van der Waals surface area contributed by atoms with Gasteiger partial charge in [-0.3, -0.25) is 9.59 Å². The summed E-state index contributed by atoms with van der Waals surface area (Å²) < 4.78 is 37.8. The van der Waals surface area contributed by atoms with Gasteiger partial charge < -0.3 is 10.0 Å². The van der Waals surface area contributed by atoms with E-state index in [2.05, 4.69) is 0 Å². The number of halogens is 3. The van der Waals surface area contributed by atoms with Gasteiger partial charge in [-0.15, -0.1) is 0 Å². The normalized spacial score (nSPS) is 31.0. The highest BCUT2D eigenvalue weighted by Crippen LogP contribution is 2.40. The van der Waals surface area contributed by atoms with Crippen molar-refractivity contribution in [2.75, 3.05) is 13.1 Å². The topological polar surface area (TPSA) is 57.6 Å². The lowest BCUT2D eigenvalue weighted by Crippen LogP contribution is -2.45. The number of carbonyl (C=O) groups is 2. The summed E-state index contributed by atoms with van der Waals surface area (Å²) in [7, 11) is 0. The molecule has 0 spiro atoms. The Morgan fingerprint density at radius 1 is 1.00 bits per heavy atom. The van der Waals surface area contributed by atoms with Crippen LogP contribution in [0.15, 0.2) is 0 Å². The third-order valence-corrected chi connectivity index (χ3v) is 4.62. The summed E-state index contributed by atoms with van der Waals surface area (Å²) in [6.07, 6.45) is -2.49. The Hall–Kier alpha value is -1.27. The van der Waals surface area contributed by atoms with Crippen LogP contribution in [0.3, 0.4) is 0 Å². The summed E-state index contributed by atoms with van der Waals surface area (Å²) in [6, 6.07) is 0. The molecular formula is C14H20F3NO3. The molecule has 0 unspecified atom stereocenters. The third kappa shape index (κ3) is 3.89. The third-order valence-electron chi connectivity index (χ3n) is 4.62. The van der Waals surface area contributed by atoms with E-state index in [0.29, 0.717) is 19.4 Å². The average Bonchev–Trinajstić information content (AvgIpc) is 2.46. The van der Waals surface area contributed by atoms with Crippen molar-refractivity contribution < 1.29 is 27.9 Å². The van der Waals surface area contributed by atoms with Crippen molar-refractivity contribution in [1.82, 2.24) is 4.90 Å². The lowest BCUT2D eigenvalue weighted by molar-refractivity contribution is -0.185. The van der Waals surface area contributed by atoms with Gasteiger partial charge in [0.05, 0.1) is 11.8 Å². The average molecular weight is 307 g/mol. The first-order valence-corrected chi connectivity index (χ1v) is 7.37. The van der Waals surface area contributed by atoms with Crippen LogP contribution < -0.4 is 0 Å². The van der Waals surface area contributed by atoms with Gasteiger partial charge in [-0.2, -0.15) is 13.2 Å². The lowest BCUT2D eigenvalue weighted by Gasteiger charge is -2.36. The first-order valence-electron chi connectivity index (χ1n) is 7.37. The Morgan fingerprint density at radius 3 is 2.14 bits per heavy atom. The number of carboxylic acids is 1. The molecule has 1 aliphatic carbocycles. The van der Waals surface area contributed by atoms with Gasteiger partial charge in [-0.25, -0.2) is 0 Å². The highest BCUT2D eigenvalue weighted by atomic mass is 19.4. The minimum absolute atomic E-state index is 0.00386. The van der Waals surface area contributed by atoms with Gasteiger partial charge in [-0.05, 0) is 38.5 Å². The van der Waals surface area contributed by atoms with Crippen LogP contribution >= 0.6 is 0 Å². The largest absolute Gasteiger partial charge is 0.481 e. The Labute approximate surface area is 121 Å². The molecule has 21 heavy (non-hydrogen) atoms. The van der Waals surface area contributed by atoms with Crippen molar-refractivity contribution in [2.24, 2.45) is 17.8 Å². The van der Waals surface area contributed by atoms with E-state index in [1.54, 1.807) is 0 Å². The maximum absolute atomic E-state index is 12.6. The Kier molecular flexibility index (Phi) is 4.78. The number of carbonyl (C=O) groups excluding carboxylic acids is 1. The van der Waals surface area contributed by atoms with E-state index >= 15 is 0 Å². The molecule has 0 aromatic carbocycles. The zero-order chi connectivity index (χ0) is 15.6. The van der Waals surface area contributed by atoms with E-state index in [0.717, 1.165) is 0 Å².